The zero-order chi connectivity index (χ0) is 19.7. The number of imidazole rings is 1. The van der Waals surface area contributed by atoms with Crippen molar-refractivity contribution < 1.29 is 18.3 Å². The first-order chi connectivity index (χ1) is 13.4. The molecule has 0 aliphatic rings. The third-order valence-electron chi connectivity index (χ3n) is 4.46. The summed E-state index contributed by atoms with van der Waals surface area (Å²) >= 11 is 0. The molecule has 142 valence electrons. The van der Waals surface area contributed by atoms with Crippen molar-refractivity contribution in [1.82, 2.24) is 14.7 Å². The van der Waals surface area contributed by atoms with Crippen molar-refractivity contribution in [2.75, 3.05) is 0 Å². The lowest BCUT2D eigenvalue weighted by atomic mass is 10.1. The minimum Gasteiger partial charge on any atom is -0.480 e. The summed E-state index contributed by atoms with van der Waals surface area (Å²) in [7, 11) is -4.02. The number of carboxylic acids is 1. The predicted octanol–water partition coefficient (Wildman–Crippen LogP) is 2.69. The largest absolute Gasteiger partial charge is 0.480 e. The van der Waals surface area contributed by atoms with Gasteiger partial charge in [-0.2, -0.15) is 4.72 Å². The van der Waals surface area contributed by atoms with Crippen LogP contribution in [0.4, 0.5) is 0 Å². The highest BCUT2D eigenvalue weighted by molar-refractivity contribution is 7.89. The number of nitrogens with one attached hydrogen (secondary N) is 2. The second-order valence-electron chi connectivity index (χ2n) is 6.43. The highest BCUT2D eigenvalue weighted by Gasteiger charge is 2.27. The van der Waals surface area contributed by atoms with Gasteiger partial charge in [0.25, 0.3) is 0 Å². The number of fused-ring (bicyclic) bond motifs is 2. The summed E-state index contributed by atoms with van der Waals surface area (Å²) in [4.78, 5) is 19.0. The van der Waals surface area contributed by atoms with Gasteiger partial charge in [-0.25, -0.2) is 13.4 Å². The number of hydrogen-bond acceptors (Lipinski definition) is 4. The molecule has 0 saturated carbocycles. The Labute approximate surface area is 161 Å². The topological polar surface area (TPSA) is 112 Å². The van der Waals surface area contributed by atoms with Gasteiger partial charge in [0.05, 0.1) is 15.9 Å². The molecule has 0 aliphatic heterocycles. The minimum atomic E-state index is -4.02. The number of nitrogens with zero attached hydrogens (tertiary/aromatic N) is 1. The Morgan fingerprint density at radius 1 is 1.04 bits per heavy atom. The van der Waals surface area contributed by atoms with Gasteiger partial charge in [-0.3, -0.25) is 4.79 Å². The maximum Gasteiger partial charge on any atom is 0.322 e. The molecule has 8 heteroatoms. The van der Waals surface area contributed by atoms with Gasteiger partial charge in [-0.05, 0) is 35.0 Å². The zero-order valence-corrected chi connectivity index (χ0v) is 15.5. The van der Waals surface area contributed by atoms with Gasteiger partial charge in [-0.15, -0.1) is 0 Å². The number of aromatic amines is 1. The fraction of sp³-hybridized carbons (Fsp3) is 0.100. The van der Waals surface area contributed by atoms with Crippen molar-refractivity contribution in [3.05, 3.63) is 72.6 Å². The molecule has 0 fully saturated rings. The standard InChI is InChI=1S/C20H17N3O4S/c24-20(25)18(12-19-21-16-7-3-4-8-17(16)22-19)23-28(26,27)15-10-9-13-5-1-2-6-14(13)11-15/h1-11,18,23H,12H2,(H,21,22)(H,24,25). The van der Waals surface area contributed by atoms with E-state index >= 15 is 0 Å². The van der Waals surface area contributed by atoms with Crippen LogP contribution in [0.15, 0.2) is 71.6 Å². The van der Waals surface area contributed by atoms with Crippen LogP contribution in [0.25, 0.3) is 21.8 Å². The monoisotopic (exact) mass is 395 g/mol. The molecule has 1 unspecified atom stereocenters. The lowest BCUT2D eigenvalue weighted by molar-refractivity contribution is -0.138. The number of hydrogen-bond donors (Lipinski definition) is 3. The van der Waals surface area contributed by atoms with Crippen LogP contribution >= 0.6 is 0 Å². The number of aromatic nitrogens is 2. The zero-order valence-electron chi connectivity index (χ0n) is 14.7. The lowest BCUT2D eigenvalue weighted by Gasteiger charge is -2.14. The Morgan fingerprint density at radius 2 is 1.75 bits per heavy atom. The quantitative estimate of drug-likeness (QED) is 0.465. The second-order valence-corrected chi connectivity index (χ2v) is 8.14. The van der Waals surface area contributed by atoms with Gasteiger partial charge < -0.3 is 10.1 Å². The number of carbonyl (C=O) groups is 1. The summed E-state index contributed by atoms with van der Waals surface area (Å²) in [6.07, 6.45) is -0.100. The summed E-state index contributed by atoms with van der Waals surface area (Å²) < 4.78 is 27.8. The molecular formula is C20H17N3O4S. The molecule has 1 aromatic heterocycles. The SMILES string of the molecule is O=C(O)C(Cc1nc2ccccc2[nH]1)NS(=O)(=O)c1ccc2ccccc2c1. The molecule has 0 saturated heterocycles. The van der Waals surface area contributed by atoms with E-state index in [0.29, 0.717) is 11.3 Å². The van der Waals surface area contributed by atoms with Crippen LogP contribution in [0.5, 0.6) is 0 Å². The summed E-state index contributed by atoms with van der Waals surface area (Å²) in [6, 6.07) is 18.0. The number of sulfonamides is 1. The second kappa shape index (κ2) is 7.06. The number of carboxylic acid groups (broad SMARTS) is 1. The van der Waals surface area contributed by atoms with Crippen LogP contribution in [-0.2, 0) is 21.2 Å². The highest BCUT2D eigenvalue weighted by atomic mass is 32.2. The van der Waals surface area contributed by atoms with Crippen molar-refractivity contribution >= 4 is 37.8 Å². The molecule has 1 heterocycles. The van der Waals surface area contributed by atoms with E-state index in [1.54, 1.807) is 18.2 Å². The number of H-pyrrole nitrogens is 1. The Morgan fingerprint density at radius 3 is 2.50 bits per heavy atom. The van der Waals surface area contributed by atoms with E-state index in [2.05, 4.69) is 14.7 Å². The van der Waals surface area contributed by atoms with Crippen molar-refractivity contribution in [3.8, 4) is 0 Å². The molecule has 1 atom stereocenters. The van der Waals surface area contributed by atoms with Gasteiger partial charge in [0.2, 0.25) is 10.0 Å². The van der Waals surface area contributed by atoms with E-state index in [1.807, 2.05) is 36.4 Å². The lowest BCUT2D eigenvalue weighted by Crippen LogP contribution is -2.42. The van der Waals surface area contributed by atoms with E-state index in [-0.39, 0.29) is 11.3 Å². The minimum absolute atomic E-state index is 0.0158. The number of benzene rings is 3. The van der Waals surface area contributed by atoms with E-state index in [9.17, 15) is 18.3 Å². The average Bonchev–Trinajstić information content (AvgIpc) is 3.09. The average molecular weight is 395 g/mol. The first kappa shape index (κ1) is 18.1. The summed E-state index contributed by atoms with van der Waals surface area (Å²) in [5.41, 5.74) is 1.46. The maximum atomic E-state index is 12.7. The van der Waals surface area contributed by atoms with Gasteiger partial charge in [0.1, 0.15) is 11.9 Å². The van der Waals surface area contributed by atoms with Gasteiger partial charge >= 0.3 is 5.97 Å². The molecule has 0 bridgehead atoms. The van der Waals surface area contributed by atoms with E-state index < -0.39 is 22.0 Å². The van der Waals surface area contributed by atoms with E-state index in [1.165, 1.54) is 12.1 Å². The molecule has 0 spiro atoms. The summed E-state index contributed by atoms with van der Waals surface area (Å²) in [5, 5.41) is 11.2. The van der Waals surface area contributed by atoms with Crippen molar-refractivity contribution in [3.63, 3.8) is 0 Å². The molecule has 7 nitrogen and oxygen atoms in total. The molecule has 28 heavy (non-hydrogen) atoms. The first-order valence-electron chi connectivity index (χ1n) is 8.60. The number of para-hydroxylation sites is 2. The Kier molecular flexibility index (Phi) is 4.58. The van der Waals surface area contributed by atoms with Crippen molar-refractivity contribution in [1.29, 1.82) is 0 Å². The molecule has 4 aromatic rings. The van der Waals surface area contributed by atoms with Crippen LogP contribution in [0.3, 0.4) is 0 Å². The molecule has 3 aromatic carbocycles. The molecule has 4 rings (SSSR count). The van der Waals surface area contributed by atoms with E-state index in [0.717, 1.165) is 16.3 Å². The first-order valence-corrected chi connectivity index (χ1v) is 10.1. The summed E-state index contributed by atoms with van der Waals surface area (Å²) in [6.45, 7) is 0. The van der Waals surface area contributed by atoms with Crippen LogP contribution < -0.4 is 4.72 Å². The molecular weight excluding hydrogens is 378 g/mol. The van der Waals surface area contributed by atoms with Crippen molar-refractivity contribution in [2.24, 2.45) is 0 Å². The van der Waals surface area contributed by atoms with Crippen LogP contribution in [-0.4, -0.2) is 35.5 Å². The maximum absolute atomic E-state index is 12.7. The van der Waals surface area contributed by atoms with Gasteiger partial charge in [0.15, 0.2) is 0 Å². The Balaban J connectivity index is 1.61. The molecule has 0 amide bonds. The fourth-order valence-electron chi connectivity index (χ4n) is 3.06. The third kappa shape index (κ3) is 3.60. The molecule has 0 radical (unpaired) electrons. The van der Waals surface area contributed by atoms with Gasteiger partial charge in [0, 0.05) is 6.42 Å². The highest BCUT2D eigenvalue weighted by Crippen LogP contribution is 2.19. The number of rotatable bonds is 6. The van der Waals surface area contributed by atoms with Gasteiger partial charge in [-0.1, -0.05) is 42.5 Å². The van der Waals surface area contributed by atoms with E-state index in [4.69, 9.17) is 0 Å². The van der Waals surface area contributed by atoms with Crippen LogP contribution in [0.2, 0.25) is 0 Å². The Hall–Kier alpha value is -3.23. The van der Waals surface area contributed by atoms with Crippen LogP contribution in [0, 0.1) is 0 Å². The normalized spacial score (nSPS) is 13.0. The Bertz CT molecular complexity index is 1250. The fourth-order valence-corrected chi connectivity index (χ4v) is 4.29. The van der Waals surface area contributed by atoms with Crippen LogP contribution in [0.1, 0.15) is 5.82 Å². The smallest absolute Gasteiger partial charge is 0.322 e. The molecule has 0 aliphatic carbocycles. The third-order valence-corrected chi connectivity index (χ3v) is 5.93. The predicted molar refractivity (Wildman–Crippen MR) is 105 cm³/mol. The number of aliphatic carboxylic acids is 1. The molecule has 3 N–H and O–H groups in total. The van der Waals surface area contributed by atoms with Crippen molar-refractivity contribution in [2.45, 2.75) is 17.4 Å². The summed E-state index contributed by atoms with van der Waals surface area (Å²) in [5.74, 6) is -0.875.